The standard InChI is InChI=1S/C10H18N4/c1-14-9(3-6-13-14)12-8-10(7-11)4-2-5-10/h3,6,12H,2,4-5,7-8,11H2,1H3. The van der Waals surface area contributed by atoms with Gasteiger partial charge in [-0.3, -0.25) is 4.68 Å². The van der Waals surface area contributed by atoms with Crippen LogP contribution in [-0.2, 0) is 7.05 Å². The molecule has 14 heavy (non-hydrogen) atoms. The summed E-state index contributed by atoms with van der Waals surface area (Å²) in [4.78, 5) is 0. The van der Waals surface area contributed by atoms with Gasteiger partial charge in [0, 0.05) is 19.7 Å². The van der Waals surface area contributed by atoms with Crippen LogP contribution in [0.3, 0.4) is 0 Å². The summed E-state index contributed by atoms with van der Waals surface area (Å²) < 4.78 is 1.85. The van der Waals surface area contributed by atoms with E-state index in [9.17, 15) is 0 Å². The molecule has 0 saturated heterocycles. The van der Waals surface area contributed by atoms with Crippen LogP contribution in [0.15, 0.2) is 12.3 Å². The molecule has 1 aromatic heterocycles. The molecule has 1 aliphatic rings. The molecule has 0 aliphatic heterocycles. The minimum Gasteiger partial charge on any atom is -0.370 e. The normalized spacial score (nSPS) is 19.0. The van der Waals surface area contributed by atoms with Crippen molar-refractivity contribution in [3.05, 3.63) is 12.3 Å². The molecular formula is C10H18N4. The van der Waals surface area contributed by atoms with Crippen LogP contribution in [0, 0.1) is 5.41 Å². The van der Waals surface area contributed by atoms with Gasteiger partial charge in [0.1, 0.15) is 5.82 Å². The number of nitrogens with one attached hydrogen (secondary N) is 1. The zero-order valence-electron chi connectivity index (χ0n) is 8.66. The van der Waals surface area contributed by atoms with Crippen molar-refractivity contribution >= 4 is 5.82 Å². The van der Waals surface area contributed by atoms with Gasteiger partial charge in [-0.15, -0.1) is 0 Å². The minimum atomic E-state index is 0.351. The average molecular weight is 194 g/mol. The molecule has 0 radical (unpaired) electrons. The zero-order chi connectivity index (χ0) is 10.0. The molecule has 0 amide bonds. The first kappa shape index (κ1) is 9.52. The molecule has 0 bridgehead atoms. The number of aryl methyl sites for hydroxylation is 1. The van der Waals surface area contributed by atoms with Gasteiger partial charge in [-0.2, -0.15) is 5.10 Å². The highest BCUT2D eigenvalue weighted by atomic mass is 15.3. The molecule has 4 nitrogen and oxygen atoms in total. The lowest BCUT2D eigenvalue weighted by Crippen LogP contribution is -2.43. The average Bonchev–Trinajstić information content (AvgIpc) is 2.51. The van der Waals surface area contributed by atoms with Crippen LogP contribution < -0.4 is 11.1 Å². The van der Waals surface area contributed by atoms with Gasteiger partial charge in [0.25, 0.3) is 0 Å². The van der Waals surface area contributed by atoms with Gasteiger partial charge in [-0.25, -0.2) is 0 Å². The van der Waals surface area contributed by atoms with Gasteiger partial charge in [0.2, 0.25) is 0 Å². The van der Waals surface area contributed by atoms with Crippen LogP contribution in [0.4, 0.5) is 5.82 Å². The topological polar surface area (TPSA) is 55.9 Å². The number of nitrogens with two attached hydrogens (primary N) is 1. The Morgan fingerprint density at radius 2 is 2.43 bits per heavy atom. The Bertz CT molecular complexity index is 295. The summed E-state index contributed by atoms with van der Waals surface area (Å²) in [6.07, 6.45) is 5.64. The van der Waals surface area contributed by atoms with Gasteiger partial charge in [0.15, 0.2) is 0 Å². The van der Waals surface area contributed by atoms with E-state index in [1.165, 1.54) is 19.3 Å². The fraction of sp³-hybridized carbons (Fsp3) is 0.700. The smallest absolute Gasteiger partial charge is 0.123 e. The Morgan fingerprint density at radius 1 is 1.64 bits per heavy atom. The van der Waals surface area contributed by atoms with Crippen molar-refractivity contribution in [2.45, 2.75) is 19.3 Å². The van der Waals surface area contributed by atoms with Gasteiger partial charge >= 0.3 is 0 Å². The van der Waals surface area contributed by atoms with Crippen molar-refractivity contribution in [2.75, 3.05) is 18.4 Å². The maximum Gasteiger partial charge on any atom is 0.123 e. The molecule has 1 aromatic rings. The third-order valence-corrected chi connectivity index (χ3v) is 3.31. The summed E-state index contributed by atoms with van der Waals surface area (Å²) in [5, 5.41) is 7.52. The molecule has 1 heterocycles. The summed E-state index contributed by atoms with van der Waals surface area (Å²) in [7, 11) is 1.94. The third kappa shape index (κ3) is 1.62. The molecule has 0 atom stereocenters. The lowest BCUT2D eigenvalue weighted by molar-refractivity contribution is 0.162. The summed E-state index contributed by atoms with van der Waals surface area (Å²) in [6.45, 7) is 1.76. The van der Waals surface area contributed by atoms with Crippen molar-refractivity contribution in [1.82, 2.24) is 9.78 Å². The van der Waals surface area contributed by atoms with E-state index in [1.807, 2.05) is 17.8 Å². The van der Waals surface area contributed by atoms with Gasteiger partial charge in [0.05, 0.1) is 6.20 Å². The molecule has 3 N–H and O–H groups in total. The second-order valence-corrected chi connectivity index (χ2v) is 4.25. The van der Waals surface area contributed by atoms with E-state index in [2.05, 4.69) is 10.4 Å². The van der Waals surface area contributed by atoms with Crippen LogP contribution >= 0.6 is 0 Å². The van der Waals surface area contributed by atoms with Gasteiger partial charge in [-0.1, -0.05) is 6.42 Å². The lowest BCUT2D eigenvalue weighted by atomic mass is 9.69. The molecule has 0 spiro atoms. The predicted molar refractivity (Wildman–Crippen MR) is 57.0 cm³/mol. The van der Waals surface area contributed by atoms with Crippen molar-refractivity contribution in [1.29, 1.82) is 0 Å². The third-order valence-electron chi connectivity index (χ3n) is 3.31. The highest BCUT2D eigenvalue weighted by Crippen LogP contribution is 2.39. The predicted octanol–water partition coefficient (Wildman–Crippen LogP) is 0.961. The molecular weight excluding hydrogens is 176 g/mol. The minimum absolute atomic E-state index is 0.351. The maximum absolute atomic E-state index is 5.78. The fourth-order valence-electron chi connectivity index (χ4n) is 1.96. The monoisotopic (exact) mass is 194 g/mol. The van der Waals surface area contributed by atoms with E-state index in [-0.39, 0.29) is 0 Å². The first-order chi connectivity index (χ1) is 6.76. The first-order valence-corrected chi connectivity index (χ1v) is 5.18. The number of rotatable bonds is 4. The Hall–Kier alpha value is -1.03. The van der Waals surface area contributed by atoms with E-state index in [1.54, 1.807) is 6.20 Å². The van der Waals surface area contributed by atoms with E-state index in [0.29, 0.717) is 5.41 Å². The van der Waals surface area contributed by atoms with Crippen LogP contribution in [0.1, 0.15) is 19.3 Å². The van der Waals surface area contributed by atoms with E-state index in [4.69, 9.17) is 5.73 Å². The SMILES string of the molecule is Cn1nccc1NCC1(CN)CCC1. The maximum atomic E-state index is 5.78. The Morgan fingerprint density at radius 3 is 2.86 bits per heavy atom. The number of aromatic nitrogens is 2. The summed E-state index contributed by atoms with van der Waals surface area (Å²) in [5.74, 6) is 1.07. The van der Waals surface area contributed by atoms with Crippen LogP contribution in [0.25, 0.3) is 0 Å². The second-order valence-electron chi connectivity index (χ2n) is 4.25. The molecule has 1 aliphatic carbocycles. The quantitative estimate of drug-likeness (QED) is 0.750. The summed E-state index contributed by atoms with van der Waals surface area (Å²) in [5.41, 5.74) is 6.14. The largest absolute Gasteiger partial charge is 0.370 e. The second kappa shape index (κ2) is 3.61. The number of hydrogen-bond donors (Lipinski definition) is 2. The number of anilines is 1. The van der Waals surface area contributed by atoms with Gasteiger partial charge in [-0.05, 0) is 24.8 Å². The molecule has 1 fully saturated rings. The van der Waals surface area contributed by atoms with Crippen LogP contribution in [-0.4, -0.2) is 22.9 Å². The van der Waals surface area contributed by atoms with Crippen LogP contribution in [0.5, 0.6) is 0 Å². The summed E-state index contributed by atoms with van der Waals surface area (Å²) in [6, 6.07) is 1.99. The zero-order valence-corrected chi connectivity index (χ0v) is 8.66. The Kier molecular flexibility index (Phi) is 2.46. The van der Waals surface area contributed by atoms with E-state index in [0.717, 1.165) is 18.9 Å². The highest BCUT2D eigenvalue weighted by Gasteiger charge is 2.35. The first-order valence-electron chi connectivity index (χ1n) is 5.18. The number of hydrogen-bond acceptors (Lipinski definition) is 3. The molecule has 4 heteroatoms. The Labute approximate surface area is 84.5 Å². The van der Waals surface area contributed by atoms with Crippen LogP contribution in [0.2, 0.25) is 0 Å². The molecule has 0 unspecified atom stereocenters. The highest BCUT2D eigenvalue weighted by molar-refractivity contribution is 5.34. The van der Waals surface area contributed by atoms with Gasteiger partial charge < -0.3 is 11.1 Å². The molecule has 0 aromatic carbocycles. The Balaban J connectivity index is 1.90. The molecule has 78 valence electrons. The lowest BCUT2D eigenvalue weighted by Gasteiger charge is -2.41. The fourth-order valence-corrected chi connectivity index (χ4v) is 1.96. The number of nitrogens with zero attached hydrogens (tertiary/aromatic N) is 2. The molecule has 1 saturated carbocycles. The van der Waals surface area contributed by atoms with Crippen molar-refractivity contribution < 1.29 is 0 Å². The van der Waals surface area contributed by atoms with Crippen molar-refractivity contribution in [3.63, 3.8) is 0 Å². The molecule has 2 rings (SSSR count). The van der Waals surface area contributed by atoms with Crippen molar-refractivity contribution in [2.24, 2.45) is 18.2 Å². The summed E-state index contributed by atoms with van der Waals surface area (Å²) >= 11 is 0. The van der Waals surface area contributed by atoms with E-state index >= 15 is 0 Å². The van der Waals surface area contributed by atoms with Crippen molar-refractivity contribution in [3.8, 4) is 0 Å². The van der Waals surface area contributed by atoms with E-state index < -0.39 is 0 Å².